The van der Waals surface area contributed by atoms with E-state index >= 15 is 0 Å². The maximum atomic E-state index is 12.3. The van der Waals surface area contributed by atoms with Gasteiger partial charge in [-0.25, -0.2) is 4.98 Å². The second-order valence-corrected chi connectivity index (χ2v) is 5.83. The topological polar surface area (TPSA) is 95.7 Å². The van der Waals surface area contributed by atoms with Crippen molar-refractivity contribution in [2.75, 3.05) is 13.7 Å². The van der Waals surface area contributed by atoms with Crippen molar-refractivity contribution < 1.29 is 14.7 Å². The molecule has 0 bridgehead atoms. The highest BCUT2D eigenvalue weighted by Crippen LogP contribution is 2.11. The average Bonchev–Trinajstić information content (AvgIpc) is 2.97. The zero-order valence-corrected chi connectivity index (χ0v) is 13.5. The second-order valence-electron chi connectivity index (χ2n) is 5.83. The first-order valence-corrected chi connectivity index (χ1v) is 7.58. The predicted octanol–water partition coefficient (Wildman–Crippen LogP) is 0.831. The zero-order chi connectivity index (χ0) is 17.0. The maximum Gasteiger partial charge on any atom is 0.271 e. The molecular formula is C16H22N4O3. The summed E-state index contributed by atoms with van der Waals surface area (Å²) < 4.78 is 1.57. The average molecular weight is 318 g/mol. The van der Waals surface area contributed by atoms with Gasteiger partial charge in [-0.05, 0) is 24.5 Å². The smallest absolute Gasteiger partial charge is 0.271 e. The number of rotatable bonds is 6. The highest BCUT2D eigenvalue weighted by Gasteiger charge is 2.18. The fourth-order valence-electron chi connectivity index (χ4n) is 2.44. The van der Waals surface area contributed by atoms with Gasteiger partial charge in [-0.3, -0.25) is 14.0 Å². The van der Waals surface area contributed by atoms with Crippen molar-refractivity contribution in [2.45, 2.75) is 26.3 Å². The van der Waals surface area contributed by atoms with Crippen LogP contribution < -0.4 is 10.6 Å². The Morgan fingerprint density at radius 3 is 2.65 bits per heavy atom. The Morgan fingerprint density at radius 2 is 2.04 bits per heavy atom. The van der Waals surface area contributed by atoms with E-state index in [1.165, 1.54) is 6.20 Å². The van der Waals surface area contributed by atoms with Crippen molar-refractivity contribution in [3.8, 4) is 0 Å². The predicted molar refractivity (Wildman–Crippen MR) is 86.4 cm³/mol. The van der Waals surface area contributed by atoms with Gasteiger partial charge in [0.25, 0.3) is 11.8 Å². The van der Waals surface area contributed by atoms with Crippen LogP contribution in [-0.4, -0.2) is 46.0 Å². The molecule has 2 heterocycles. The molecule has 0 saturated heterocycles. The minimum absolute atomic E-state index is 0.124. The Hall–Kier alpha value is -2.41. The lowest BCUT2D eigenvalue weighted by Crippen LogP contribution is -2.38. The van der Waals surface area contributed by atoms with Gasteiger partial charge in [-0.1, -0.05) is 19.9 Å². The van der Waals surface area contributed by atoms with Crippen molar-refractivity contribution in [3.05, 3.63) is 35.8 Å². The molecule has 0 aliphatic carbocycles. The number of nitrogens with one attached hydrogen (secondary N) is 2. The first-order chi connectivity index (χ1) is 11.0. The number of aliphatic hydroxyl groups excluding tert-OH is 1. The number of pyridine rings is 1. The third-order valence-corrected chi connectivity index (χ3v) is 3.50. The molecule has 0 spiro atoms. The Kier molecular flexibility index (Phi) is 5.33. The van der Waals surface area contributed by atoms with Gasteiger partial charge in [-0.2, -0.15) is 0 Å². The van der Waals surface area contributed by atoms with Crippen LogP contribution in [0.15, 0.2) is 24.4 Å². The van der Waals surface area contributed by atoms with Crippen molar-refractivity contribution in [2.24, 2.45) is 5.92 Å². The number of carbonyl (C=O) groups is 2. The van der Waals surface area contributed by atoms with Crippen LogP contribution in [0, 0.1) is 5.92 Å². The molecule has 2 aromatic heterocycles. The van der Waals surface area contributed by atoms with Crippen LogP contribution >= 0.6 is 0 Å². The lowest BCUT2D eigenvalue weighted by molar-refractivity contribution is 0.0902. The molecule has 7 heteroatoms. The fourth-order valence-corrected chi connectivity index (χ4v) is 2.44. The molecule has 0 aromatic carbocycles. The Balaban J connectivity index is 2.26. The molecule has 0 aliphatic rings. The van der Waals surface area contributed by atoms with Gasteiger partial charge in [0.15, 0.2) is 0 Å². The molecule has 0 radical (unpaired) electrons. The first kappa shape index (κ1) is 17.0. The van der Waals surface area contributed by atoms with E-state index < -0.39 is 0 Å². The SMILES string of the molecule is CNC(=O)c1cccc2nc(C(=O)N[C@@H](CO)CC(C)C)cn12. The van der Waals surface area contributed by atoms with Gasteiger partial charge in [0, 0.05) is 13.2 Å². The van der Waals surface area contributed by atoms with Gasteiger partial charge in [0.2, 0.25) is 0 Å². The number of carbonyl (C=O) groups excluding carboxylic acids is 2. The summed E-state index contributed by atoms with van der Waals surface area (Å²) >= 11 is 0. The van der Waals surface area contributed by atoms with E-state index in [1.54, 1.807) is 29.6 Å². The molecule has 124 valence electrons. The number of hydrogen-bond donors (Lipinski definition) is 3. The Bertz CT molecular complexity index is 708. The van der Waals surface area contributed by atoms with E-state index in [9.17, 15) is 14.7 Å². The quantitative estimate of drug-likeness (QED) is 0.735. The summed E-state index contributed by atoms with van der Waals surface area (Å²) in [5, 5.41) is 14.7. The van der Waals surface area contributed by atoms with Crippen molar-refractivity contribution in [3.63, 3.8) is 0 Å². The van der Waals surface area contributed by atoms with E-state index in [0.717, 1.165) is 0 Å². The Morgan fingerprint density at radius 1 is 1.30 bits per heavy atom. The van der Waals surface area contributed by atoms with Crippen LogP contribution in [0.3, 0.4) is 0 Å². The van der Waals surface area contributed by atoms with Crippen molar-refractivity contribution in [1.82, 2.24) is 20.0 Å². The standard InChI is InChI=1S/C16H22N4O3/c1-10(2)7-11(9-21)18-15(22)12-8-20-13(16(23)17-3)5-4-6-14(20)19-12/h4-6,8,10-11,21H,7,9H2,1-3H3,(H,17,23)(H,18,22)/t11-/m1/s1. The van der Waals surface area contributed by atoms with E-state index in [-0.39, 0.29) is 30.2 Å². The summed E-state index contributed by atoms with van der Waals surface area (Å²) in [4.78, 5) is 28.4. The van der Waals surface area contributed by atoms with Crippen LogP contribution in [0.4, 0.5) is 0 Å². The molecule has 2 amide bonds. The number of aliphatic hydroxyl groups is 1. The number of aromatic nitrogens is 2. The summed E-state index contributed by atoms with van der Waals surface area (Å²) in [6, 6.07) is 4.78. The summed E-state index contributed by atoms with van der Waals surface area (Å²) in [6.45, 7) is 3.92. The molecule has 1 atom stereocenters. The van der Waals surface area contributed by atoms with Crippen LogP contribution in [-0.2, 0) is 0 Å². The van der Waals surface area contributed by atoms with Crippen molar-refractivity contribution >= 4 is 17.5 Å². The summed E-state index contributed by atoms with van der Waals surface area (Å²) in [5.41, 5.74) is 1.13. The molecule has 2 rings (SSSR count). The highest BCUT2D eigenvalue weighted by molar-refractivity contribution is 5.95. The van der Waals surface area contributed by atoms with Gasteiger partial charge >= 0.3 is 0 Å². The van der Waals surface area contributed by atoms with Gasteiger partial charge in [0.05, 0.1) is 12.6 Å². The van der Waals surface area contributed by atoms with E-state index in [4.69, 9.17) is 0 Å². The molecule has 0 unspecified atom stereocenters. The highest BCUT2D eigenvalue weighted by atomic mass is 16.3. The first-order valence-electron chi connectivity index (χ1n) is 7.58. The molecule has 23 heavy (non-hydrogen) atoms. The van der Waals surface area contributed by atoms with E-state index in [1.807, 2.05) is 13.8 Å². The number of hydrogen-bond acceptors (Lipinski definition) is 4. The second kappa shape index (κ2) is 7.23. The van der Waals surface area contributed by atoms with Gasteiger partial charge < -0.3 is 15.7 Å². The summed E-state index contributed by atoms with van der Waals surface area (Å²) in [7, 11) is 1.55. The number of amides is 2. The van der Waals surface area contributed by atoms with Crippen LogP contribution in [0.5, 0.6) is 0 Å². The van der Waals surface area contributed by atoms with Crippen LogP contribution in [0.1, 0.15) is 41.2 Å². The molecule has 7 nitrogen and oxygen atoms in total. The number of nitrogens with zero attached hydrogens (tertiary/aromatic N) is 2. The van der Waals surface area contributed by atoms with Gasteiger partial charge in [-0.15, -0.1) is 0 Å². The number of fused-ring (bicyclic) bond motifs is 1. The molecule has 2 aromatic rings. The lowest BCUT2D eigenvalue weighted by atomic mass is 10.0. The molecule has 0 aliphatic heterocycles. The van der Waals surface area contributed by atoms with Gasteiger partial charge in [0.1, 0.15) is 17.0 Å². The van der Waals surface area contributed by atoms with Crippen molar-refractivity contribution in [1.29, 1.82) is 0 Å². The minimum Gasteiger partial charge on any atom is -0.394 e. The third-order valence-electron chi connectivity index (χ3n) is 3.50. The molecule has 0 saturated carbocycles. The monoisotopic (exact) mass is 318 g/mol. The maximum absolute atomic E-state index is 12.3. The minimum atomic E-state index is -0.365. The molecule has 0 fully saturated rings. The third kappa shape index (κ3) is 3.87. The molecule has 3 N–H and O–H groups in total. The normalized spacial score (nSPS) is 12.4. The Labute approximate surface area is 134 Å². The summed E-state index contributed by atoms with van der Waals surface area (Å²) in [6.07, 6.45) is 2.21. The largest absolute Gasteiger partial charge is 0.394 e. The van der Waals surface area contributed by atoms with Crippen LogP contribution in [0.2, 0.25) is 0 Å². The van der Waals surface area contributed by atoms with Crippen LogP contribution in [0.25, 0.3) is 5.65 Å². The summed E-state index contributed by atoms with van der Waals surface area (Å²) in [5.74, 6) is -0.266. The number of imidazole rings is 1. The lowest BCUT2D eigenvalue weighted by Gasteiger charge is -2.17. The molecular weight excluding hydrogens is 296 g/mol. The van der Waals surface area contributed by atoms with E-state index in [0.29, 0.717) is 23.7 Å². The van der Waals surface area contributed by atoms with E-state index in [2.05, 4.69) is 15.6 Å². The zero-order valence-electron chi connectivity index (χ0n) is 13.5. The fraction of sp³-hybridized carbons (Fsp3) is 0.438.